The fraction of sp³-hybridized carbons (Fsp3) is 0.560. The predicted molar refractivity (Wildman–Crippen MR) is 125 cm³/mol. The average Bonchev–Trinajstić information content (AvgIpc) is 2.76. The summed E-state index contributed by atoms with van der Waals surface area (Å²) in [6.07, 6.45) is 13.4. The Morgan fingerprint density at radius 3 is 2.12 bits per heavy atom. The molecule has 0 aliphatic carbocycles. The SMILES string of the molecule is CCCCCCCCCCCC(=O)NC(Cc1ccc(O)cc1)C(=O)NC/C=C/C(=O)O. The van der Waals surface area contributed by atoms with E-state index in [0.29, 0.717) is 6.42 Å². The normalized spacial score (nSPS) is 11.9. The van der Waals surface area contributed by atoms with Crippen LogP contribution in [0.1, 0.15) is 76.7 Å². The first-order valence-electron chi connectivity index (χ1n) is 11.7. The standard InChI is InChI=1S/C25H38N2O5/c1-2-3-4-5-6-7-8-9-10-12-23(29)27-22(19-20-14-16-21(28)17-15-20)25(32)26-18-11-13-24(30)31/h11,13-17,22,28H,2-10,12,18-19H2,1H3,(H,26,32)(H,27,29)(H,30,31)/b13-11+. The van der Waals surface area contributed by atoms with Crippen LogP contribution in [0.25, 0.3) is 0 Å². The lowest BCUT2D eigenvalue weighted by Crippen LogP contribution is -2.48. The summed E-state index contributed by atoms with van der Waals surface area (Å²) in [7, 11) is 0. The summed E-state index contributed by atoms with van der Waals surface area (Å²) in [5.74, 6) is -1.52. The molecule has 1 aromatic carbocycles. The highest BCUT2D eigenvalue weighted by molar-refractivity contribution is 5.88. The summed E-state index contributed by atoms with van der Waals surface area (Å²) in [6.45, 7) is 2.27. The molecule has 0 saturated carbocycles. The second kappa shape index (κ2) is 16.8. The summed E-state index contributed by atoms with van der Waals surface area (Å²) < 4.78 is 0. The van der Waals surface area contributed by atoms with Gasteiger partial charge in [0.2, 0.25) is 11.8 Å². The van der Waals surface area contributed by atoms with Crippen molar-refractivity contribution >= 4 is 17.8 Å². The minimum Gasteiger partial charge on any atom is -0.508 e. The molecule has 0 bridgehead atoms. The highest BCUT2D eigenvalue weighted by atomic mass is 16.4. The molecule has 1 rings (SSSR count). The second-order valence-electron chi connectivity index (χ2n) is 8.05. The van der Waals surface area contributed by atoms with E-state index >= 15 is 0 Å². The highest BCUT2D eigenvalue weighted by Gasteiger charge is 2.20. The molecule has 7 nitrogen and oxygen atoms in total. The minimum absolute atomic E-state index is 0.0609. The van der Waals surface area contributed by atoms with Crippen LogP contribution >= 0.6 is 0 Å². The van der Waals surface area contributed by atoms with Crippen molar-refractivity contribution < 1.29 is 24.6 Å². The van der Waals surface area contributed by atoms with Gasteiger partial charge in [0, 0.05) is 25.5 Å². The summed E-state index contributed by atoms with van der Waals surface area (Å²) in [4.78, 5) is 35.5. The van der Waals surface area contributed by atoms with E-state index in [4.69, 9.17) is 5.11 Å². The number of hydrogen-bond acceptors (Lipinski definition) is 4. The highest BCUT2D eigenvalue weighted by Crippen LogP contribution is 2.13. The molecule has 0 heterocycles. The lowest BCUT2D eigenvalue weighted by molar-refractivity contribution is -0.131. The maximum absolute atomic E-state index is 12.6. The molecule has 1 atom stereocenters. The van der Waals surface area contributed by atoms with E-state index in [1.54, 1.807) is 12.1 Å². The van der Waals surface area contributed by atoms with Gasteiger partial charge in [-0.1, -0.05) is 76.5 Å². The smallest absolute Gasteiger partial charge is 0.328 e. The number of unbranched alkanes of at least 4 members (excludes halogenated alkanes) is 8. The van der Waals surface area contributed by atoms with Crippen molar-refractivity contribution in [2.75, 3.05) is 6.54 Å². The number of benzene rings is 1. The van der Waals surface area contributed by atoms with Gasteiger partial charge in [-0.15, -0.1) is 0 Å². The molecule has 0 aliphatic rings. The monoisotopic (exact) mass is 446 g/mol. The average molecular weight is 447 g/mol. The number of aromatic hydroxyl groups is 1. The molecule has 0 saturated heterocycles. The lowest BCUT2D eigenvalue weighted by atomic mass is 10.0. The summed E-state index contributed by atoms with van der Waals surface area (Å²) in [5, 5.41) is 23.5. The van der Waals surface area contributed by atoms with Gasteiger partial charge in [0.1, 0.15) is 11.8 Å². The lowest BCUT2D eigenvalue weighted by Gasteiger charge is -2.18. The van der Waals surface area contributed by atoms with Gasteiger partial charge in [0.05, 0.1) is 0 Å². The van der Waals surface area contributed by atoms with Gasteiger partial charge in [0.25, 0.3) is 0 Å². The van der Waals surface area contributed by atoms with E-state index in [9.17, 15) is 19.5 Å². The molecule has 0 radical (unpaired) electrons. The van der Waals surface area contributed by atoms with Crippen LogP contribution in [0.5, 0.6) is 5.75 Å². The number of nitrogens with one attached hydrogen (secondary N) is 2. The topological polar surface area (TPSA) is 116 Å². The number of hydrogen-bond donors (Lipinski definition) is 4. The Balaban J connectivity index is 2.46. The van der Waals surface area contributed by atoms with Crippen LogP contribution in [-0.2, 0) is 20.8 Å². The van der Waals surface area contributed by atoms with Crippen molar-refractivity contribution in [1.29, 1.82) is 0 Å². The van der Waals surface area contributed by atoms with Crippen LogP contribution < -0.4 is 10.6 Å². The summed E-state index contributed by atoms with van der Waals surface area (Å²) >= 11 is 0. The number of amides is 2. The number of rotatable bonds is 17. The van der Waals surface area contributed by atoms with Crippen molar-refractivity contribution in [3.8, 4) is 5.75 Å². The van der Waals surface area contributed by atoms with Crippen molar-refractivity contribution in [3.63, 3.8) is 0 Å². The van der Waals surface area contributed by atoms with Gasteiger partial charge in [-0.05, 0) is 24.1 Å². The van der Waals surface area contributed by atoms with E-state index in [2.05, 4.69) is 17.6 Å². The van der Waals surface area contributed by atoms with E-state index in [-0.39, 0.29) is 30.5 Å². The van der Waals surface area contributed by atoms with Crippen LogP contribution in [0.2, 0.25) is 0 Å². The van der Waals surface area contributed by atoms with Crippen molar-refractivity contribution in [2.24, 2.45) is 0 Å². The van der Waals surface area contributed by atoms with E-state index in [1.807, 2.05) is 0 Å². The van der Waals surface area contributed by atoms with Gasteiger partial charge in [-0.25, -0.2) is 4.79 Å². The number of aliphatic carboxylic acids is 1. The molecule has 0 fully saturated rings. The molecule has 1 aromatic rings. The zero-order chi connectivity index (χ0) is 23.6. The third-order valence-electron chi connectivity index (χ3n) is 5.19. The Labute approximate surface area is 191 Å². The molecule has 0 aliphatic heterocycles. The molecule has 178 valence electrons. The molecule has 0 aromatic heterocycles. The fourth-order valence-corrected chi connectivity index (χ4v) is 3.38. The quantitative estimate of drug-likeness (QED) is 0.212. The van der Waals surface area contributed by atoms with Crippen LogP contribution in [0.4, 0.5) is 0 Å². The summed E-state index contributed by atoms with van der Waals surface area (Å²) in [5.41, 5.74) is 0.799. The second-order valence-corrected chi connectivity index (χ2v) is 8.05. The Hall–Kier alpha value is -2.83. The zero-order valence-electron chi connectivity index (χ0n) is 19.1. The Morgan fingerprint density at radius 2 is 1.53 bits per heavy atom. The van der Waals surface area contributed by atoms with Gasteiger partial charge in [0.15, 0.2) is 0 Å². The van der Waals surface area contributed by atoms with Crippen LogP contribution in [0.3, 0.4) is 0 Å². The molecule has 1 unspecified atom stereocenters. The predicted octanol–water partition coefficient (Wildman–Crippen LogP) is 4.10. The Bertz CT molecular complexity index is 716. The Kier molecular flexibility index (Phi) is 14.3. The first kappa shape index (κ1) is 27.2. The number of carbonyl (C=O) groups is 3. The van der Waals surface area contributed by atoms with Crippen LogP contribution in [-0.4, -0.2) is 40.6 Å². The van der Waals surface area contributed by atoms with Gasteiger partial charge in [-0.3, -0.25) is 9.59 Å². The third kappa shape index (κ3) is 13.5. The van der Waals surface area contributed by atoms with E-state index in [0.717, 1.165) is 30.9 Å². The minimum atomic E-state index is -1.09. The maximum atomic E-state index is 12.6. The fourth-order valence-electron chi connectivity index (χ4n) is 3.38. The zero-order valence-corrected chi connectivity index (χ0v) is 19.1. The summed E-state index contributed by atoms with van der Waals surface area (Å²) in [6, 6.07) is 5.69. The third-order valence-corrected chi connectivity index (χ3v) is 5.19. The van der Waals surface area contributed by atoms with Gasteiger partial charge < -0.3 is 20.8 Å². The van der Waals surface area contributed by atoms with Crippen molar-refractivity contribution in [3.05, 3.63) is 42.0 Å². The molecule has 7 heteroatoms. The molecule has 4 N–H and O–H groups in total. The van der Waals surface area contributed by atoms with Crippen LogP contribution in [0, 0.1) is 0 Å². The van der Waals surface area contributed by atoms with Crippen molar-refractivity contribution in [2.45, 2.75) is 83.6 Å². The van der Waals surface area contributed by atoms with Crippen LogP contribution in [0.15, 0.2) is 36.4 Å². The number of carboxylic acids is 1. The first-order valence-corrected chi connectivity index (χ1v) is 11.7. The van der Waals surface area contributed by atoms with Gasteiger partial charge >= 0.3 is 5.97 Å². The van der Waals surface area contributed by atoms with E-state index in [1.165, 1.54) is 56.7 Å². The molecule has 32 heavy (non-hydrogen) atoms. The Morgan fingerprint density at radius 1 is 0.938 bits per heavy atom. The van der Waals surface area contributed by atoms with Gasteiger partial charge in [-0.2, -0.15) is 0 Å². The number of carbonyl (C=O) groups excluding carboxylic acids is 2. The molecular formula is C25H38N2O5. The molecule has 2 amide bonds. The van der Waals surface area contributed by atoms with Crippen molar-refractivity contribution in [1.82, 2.24) is 10.6 Å². The number of carboxylic acid groups (broad SMARTS) is 1. The largest absolute Gasteiger partial charge is 0.508 e. The molecule has 0 spiro atoms. The number of phenolic OH excluding ortho intramolecular Hbond substituents is 1. The number of phenols is 1. The first-order chi connectivity index (χ1) is 15.4. The molecular weight excluding hydrogens is 408 g/mol. The van der Waals surface area contributed by atoms with E-state index < -0.39 is 12.0 Å². The maximum Gasteiger partial charge on any atom is 0.328 e.